The molecule has 0 saturated carbocycles. The van der Waals surface area contributed by atoms with Crippen molar-refractivity contribution < 1.29 is 4.79 Å². The Kier molecular flexibility index (Phi) is 3.32. The highest BCUT2D eigenvalue weighted by molar-refractivity contribution is 6.43. The number of benzene rings is 2. The Morgan fingerprint density at radius 3 is 2.65 bits per heavy atom. The van der Waals surface area contributed by atoms with E-state index in [0.29, 0.717) is 34.4 Å². The van der Waals surface area contributed by atoms with Gasteiger partial charge < -0.3 is 10.6 Å². The lowest BCUT2D eigenvalue weighted by Crippen LogP contribution is -2.25. The number of nitrogens with zero attached hydrogens (tertiary/aromatic N) is 1. The number of halogens is 2. The molecule has 0 saturated heterocycles. The summed E-state index contributed by atoms with van der Waals surface area (Å²) in [5.41, 5.74) is 9.10. The van der Waals surface area contributed by atoms with Crippen LogP contribution in [0.5, 0.6) is 0 Å². The molecule has 1 heterocycles. The van der Waals surface area contributed by atoms with Crippen LogP contribution in [0.25, 0.3) is 0 Å². The van der Waals surface area contributed by atoms with Crippen LogP contribution in [0.1, 0.15) is 21.5 Å². The van der Waals surface area contributed by atoms with Crippen LogP contribution in [0.4, 0.5) is 5.69 Å². The van der Waals surface area contributed by atoms with Crippen molar-refractivity contribution in [3.63, 3.8) is 0 Å². The summed E-state index contributed by atoms with van der Waals surface area (Å²) in [6, 6.07) is 10.8. The predicted molar refractivity (Wildman–Crippen MR) is 80.9 cm³/mol. The molecule has 5 heteroatoms. The average molecular weight is 307 g/mol. The van der Waals surface area contributed by atoms with Crippen molar-refractivity contribution in [2.45, 2.75) is 13.1 Å². The van der Waals surface area contributed by atoms with E-state index in [-0.39, 0.29) is 5.91 Å². The Morgan fingerprint density at radius 1 is 1.10 bits per heavy atom. The zero-order valence-electron chi connectivity index (χ0n) is 10.6. The molecule has 0 aliphatic carbocycles. The Labute approximate surface area is 126 Å². The molecule has 20 heavy (non-hydrogen) atoms. The number of fused-ring (bicyclic) bond motifs is 1. The van der Waals surface area contributed by atoms with E-state index in [2.05, 4.69) is 0 Å². The first kappa shape index (κ1) is 13.3. The lowest BCUT2D eigenvalue weighted by molar-refractivity contribution is 0.0751. The lowest BCUT2D eigenvalue weighted by atomic mass is 10.1. The average Bonchev–Trinajstić information content (AvgIpc) is 2.84. The number of nitrogens with two attached hydrogens (primary N) is 1. The summed E-state index contributed by atoms with van der Waals surface area (Å²) in [4.78, 5) is 14.3. The second-order valence-corrected chi connectivity index (χ2v) is 5.58. The van der Waals surface area contributed by atoms with Gasteiger partial charge in [0, 0.05) is 18.8 Å². The molecule has 0 bridgehead atoms. The minimum absolute atomic E-state index is 0.118. The maximum Gasteiger partial charge on any atom is 0.256 e. The maximum atomic E-state index is 12.5. The summed E-state index contributed by atoms with van der Waals surface area (Å²) in [6.07, 6.45) is 0. The van der Waals surface area contributed by atoms with Crippen LogP contribution >= 0.6 is 23.2 Å². The Hall–Kier alpha value is -1.71. The highest BCUT2D eigenvalue weighted by Gasteiger charge is 2.26. The summed E-state index contributed by atoms with van der Waals surface area (Å²) in [7, 11) is 0. The largest absolute Gasteiger partial charge is 0.399 e. The van der Waals surface area contributed by atoms with Crippen molar-refractivity contribution in [1.82, 2.24) is 4.90 Å². The third-order valence-electron chi connectivity index (χ3n) is 3.42. The van der Waals surface area contributed by atoms with Crippen molar-refractivity contribution in [2.75, 3.05) is 5.73 Å². The molecule has 0 fully saturated rings. The Morgan fingerprint density at radius 2 is 1.85 bits per heavy atom. The van der Waals surface area contributed by atoms with Gasteiger partial charge in [-0.1, -0.05) is 35.3 Å². The SMILES string of the molecule is Nc1ccc2c(c1)CN(C(=O)c1cccc(Cl)c1Cl)C2. The summed E-state index contributed by atoms with van der Waals surface area (Å²) >= 11 is 12.1. The second-order valence-electron chi connectivity index (χ2n) is 4.79. The van der Waals surface area contributed by atoms with Crippen LogP contribution in [-0.4, -0.2) is 10.8 Å². The van der Waals surface area contributed by atoms with Gasteiger partial charge >= 0.3 is 0 Å². The highest BCUT2D eigenvalue weighted by Crippen LogP contribution is 2.30. The van der Waals surface area contributed by atoms with Crippen LogP contribution in [0.15, 0.2) is 36.4 Å². The van der Waals surface area contributed by atoms with Gasteiger partial charge in [0.15, 0.2) is 0 Å². The van der Waals surface area contributed by atoms with Crippen LogP contribution in [-0.2, 0) is 13.1 Å². The van der Waals surface area contributed by atoms with Crippen LogP contribution < -0.4 is 5.73 Å². The molecule has 2 N–H and O–H groups in total. The molecule has 1 aliphatic heterocycles. The summed E-state index contributed by atoms with van der Waals surface area (Å²) in [5, 5.41) is 0.688. The predicted octanol–water partition coefficient (Wildman–Crippen LogP) is 3.73. The molecule has 1 aliphatic rings. The van der Waals surface area contributed by atoms with E-state index in [1.54, 1.807) is 23.1 Å². The molecule has 0 aromatic heterocycles. The summed E-state index contributed by atoms with van der Waals surface area (Å²) in [6.45, 7) is 1.11. The van der Waals surface area contributed by atoms with Gasteiger partial charge in [-0.2, -0.15) is 0 Å². The number of carbonyl (C=O) groups is 1. The van der Waals surface area contributed by atoms with Crippen molar-refractivity contribution >= 4 is 34.8 Å². The number of rotatable bonds is 1. The zero-order chi connectivity index (χ0) is 14.3. The van der Waals surface area contributed by atoms with Gasteiger partial charge in [-0.15, -0.1) is 0 Å². The van der Waals surface area contributed by atoms with Crippen molar-refractivity contribution in [3.05, 3.63) is 63.1 Å². The normalized spacial score (nSPS) is 13.4. The molecule has 102 valence electrons. The van der Waals surface area contributed by atoms with E-state index in [0.717, 1.165) is 11.1 Å². The number of nitrogen functional groups attached to an aromatic ring is 1. The van der Waals surface area contributed by atoms with Crippen molar-refractivity contribution in [3.8, 4) is 0 Å². The van der Waals surface area contributed by atoms with Gasteiger partial charge in [0.25, 0.3) is 5.91 Å². The topological polar surface area (TPSA) is 46.3 Å². The van der Waals surface area contributed by atoms with Gasteiger partial charge in [-0.25, -0.2) is 0 Å². The van der Waals surface area contributed by atoms with E-state index in [1.165, 1.54) is 0 Å². The van der Waals surface area contributed by atoms with E-state index in [4.69, 9.17) is 28.9 Å². The van der Waals surface area contributed by atoms with Crippen LogP contribution in [0.2, 0.25) is 10.0 Å². The minimum atomic E-state index is -0.118. The molecule has 2 aromatic rings. The third kappa shape index (κ3) is 2.23. The van der Waals surface area contributed by atoms with E-state index >= 15 is 0 Å². The van der Waals surface area contributed by atoms with E-state index < -0.39 is 0 Å². The first-order valence-electron chi connectivity index (χ1n) is 6.17. The number of carbonyl (C=O) groups excluding carboxylic acids is 1. The molecular formula is C15H12Cl2N2O. The monoisotopic (exact) mass is 306 g/mol. The summed E-state index contributed by atoms with van der Waals surface area (Å²) < 4.78 is 0. The van der Waals surface area contributed by atoms with Gasteiger partial charge in [-0.3, -0.25) is 4.79 Å². The standard InChI is InChI=1S/C15H12Cl2N2O/c16-13-3-1-2-12(14(13)17)15(20)19-7-9-4-5-11(18)6-10(9)8-19/h1-6H,7-8,18H2. The molecule has 1 amide bonds. The first-order chi connectivity index (χ1) is 9.56. The number of anilines is 1. The van der Waals surface area contributed by atoms with Gasteiger partial charge in [0.05, 0.1) is 15.6 Å². The quantitative estimate of drug-likeness (QED) is 0.816. The minimum Gasteiger partial charge on any atom is -0.399 e. The number of amides is 1. The van der Waals surface area contributed by atoms with Crippen LogP contribution in [0.3, 0.4) is 0 Å². The van der Waals surface area contributed by atoms with E-state index in [9.17, 15) is 4.79 Å². The maximum absolute atomic E-state index is 12.5. The Balaban J connectivity index is 1.89. The zero-order valence-corrected chi connectivity index (χ0v) is 12.1. The molecular weight excluding hydrogens is 295 g/mol. The van der Waals surface area contributed by atoms with Gasteiger partial charge in [0.2, 0.25) is 0 Å². The van der Waals surface area contributed by atoms with Gasteiger partial charge in [-0.05, 0) is 35.4 Å². The fourth-order valence-corrected chi connectivity index (χ4v) is 2.78. The fourth-order valence-electron chi connectivity index (χ4n) is 2.40. The second kappa shape index (κ2) is 5.00. The van der Waals surface area contributed by atoms with Crippen molar-refractivity contribution in [1.29, 1.82) is 0 Å². The third-order valence-corrected chi connectivity index (χ3v) is 4.24. The highest BCUT2D eigenvalue weighted by atomic mass is 35.5. The first-order valence-corrected chi connectivity index (χ1v) is 6.92. The fraction of sp³-hybridized carbons (Fsp3) is 0.133. The molecule has 0 atom stereocenters. The molecule has 3 rings (SSSR count). The molecule has 2 aromatic carbocycles. The molecule has 0 radical (unpaired) electrons. The molecule has 3 nitrogen and oxygen atoms in total. The smallest absolute Gasteiger partial charge is 0.256 e. The van der Waals surface area contributed by atoms with Crippen LogP contribution in [0, 0.1) is 0 Å². The van der Waals surface area contributed by atoms with Crippen molar-refractivity contribution in [2.24, 2.45) is 0 Å². The number of hydrogen-bond acceptors (Lipinski definition) is 2. The Bertz CT molecular complexity index is 700. The molecule has 0 unspecified atom stereocenters. The molecule has 0 spiro atoms. The lowest BCUT2D eigenvalue weighted by Gasteiger charge is -2.16. The van der Waals surface area contributed by atoms with E-state index in [1.807, 2.05) is 18.2 Å². The van der Waals surface area contributed by atoms with Gasteiger partial charge in [0.1, 0.15) is 0 Å². The number of hydrogen-bond donors (Lipinski definition) is 1. The summed E-state index contributed by atoms with van der Waals surface area (Å²) in [5.74, 6) is -0.118.